The van der Waals surface area contributed by atoms with Crippen molar-refractivity contribution in [2.45, 2.75) is 161 Å². The topological polar surface area (TPSA) is 269 Å². The average molecular weight is 825 g/mol. The lowest BCUT2D eigenvalue weighted by Crippen LogP contribution is -2.70. The Hall–Kier alpha value is -3.95. The maximum atomic E-state index is 14.7. The van der Waals surface area contributed by atoms with Gasteiger partial charge in [-0.25, -0.2) is 20.7 Å². The van der Waals surface area contributed by atoms with E-state index in [1.165, 1.54) is 13.8 Å². The van der Waals surface area contributed by atoms with Crippen LogP contribution in [0.1, 0.15) is 107 Å². The summed E-state index contributed by atoms with van der Waals surface area (Å²) in [6.07, 6.45) is 1.08. The van der Waals surface area contributed by atoms with E-state index in [0.29, 0.717) is 31.7 Å². The first-order valence-corrected chi connectivity index (χ1v) is 20.5. The van der Waals surface area contributed by atoms with Gasteiger partial charge in [-0.2, -0.15) is 0 Å². The van der Waals surface area contributed by atoms with Gasteiger partial charge in [0.05, 0.1) is 12.6 Å². The molecule has 0 unspecified atom stereocenters. The summed E-state index contributed by atoms with van der Waals surface area (Å²) < 4.78 is 11.9. The van der Waals surface area contributed by atoms with Gasteiger partial charge in [0.15, 0.2) is 5.60 Å². The van der Waals surface area contributed by atoms with E-state index in [2.05, 4.69) is 40.6 Å². The van der Waals surface area contributed by atoms with Gasteiger partial charge in [-0.1, -0.05) is 34.1 Å². The number of esters is 1. The second-order valence-electron chi connectivity index (χ2n) is 16.7. The van der Waals surface area contributed by atoms with E-state index < -0.39 is 108 Å². The molecule has 6 amide bonds. The highest BCUT2D eigenvalue weighted by molar-refractivity contribution is 5.97. The Morgan fingerprint density at radius 2 is 1.57 bits per heavy atom. The van der Waals surface area contributed by atoms with Gasteiger partial charge >= 0.3 is 5.97 Å². The molecular weight excluding hydrogens is 760 g/mol. The standard InChI is InChI=1S/C38H64N8O12/c1-9-21(4)18-25-14-15-38(55,58-24(25)7)37(8,54)36(53)43-29-30(20(2)3)57-35(52)22(5)42-32(49)26-12-10-16-40-44(26)28(47)19-39-31(48)23(6)46(56)33(50)27-13-11-17-41-45(27)34(29)51/h20-27,29-30,40-41,54-56H,9-19H2,1-8H3,(H,39,48)(H,42,49)(H,43,53)/t21-,22+,23-,24+,25+,26-,27+,29-,30-,37+,38+/m0/s1. The van der Waals surface area contributed by atoms with Gasteiger partial charge in [0, 0.05) is 19.5 Å². The molecule has 4 heterocycles. The fraction of sp³-hybridized carbons (Fsp3) is 0.816. The normalized spacial score (nSPS) is 34.3. The second-order valence-corrected chi connectivity index (χ2v) is 16.7. The number of fused-ring (bicyclic) bond motifs is 2. The van der Waals surface area contributed by atoms with E-state index in [0.717, 1.165) is 29.8 Å². The van der Waals surface area contributed by atoms with Gasteiger partial charge in [-0.05, 0) is 84.0 Å². The van der Waals surface area contributed by atoms with Crippen LogP contribution < -0.4 is 26.8 Å². The second kappa shape index (κ2) is 19.4. The van der Waals surface area contributed by atoms with Crippen molar-refractivity contribution in [3.63, 3.8) is 0 Å². The molecule has 328 valence electrons. The van der Waals surface area contributed by atoms with Crippen LogP contribution in [0.2, 0.25) is 0 Å². The Morgan fingerprint density at radius 1 is 0.948 bits per heavy atom. The van der Waals surface area contributed by atoms with Gasteiger partial charge in [-0.15, -0.1) is 0 Å². The molecule has 0 aliphatic carbocycles. The Morgan fingerprint density at radius 3 is 2.17 bits per heavy atom. The van der Waals surface area contributed by atoms with Crippen LogP contribution in [0.25, 0.3) is 0 Å². The molecule has 0 aromatic carbocycles. The molecule has 11 atom stereocenters. The number of ether oxygens (including phenoxy) is 2. The third kappa shape index (κ3) is 10.2. The highest BCUT2D eigenvalue weighted by Crippen LogP contribution is 2.40. The van der Waals surface area contributed by atoms with Crippen LogP contribution >= 0.6 is 0 Å². The zero-order valence-corrected chi connectivity index (χ0v) is 34.9. The van der Waals surface area contributed by atoms with Crippen LogP contribution in [0.3, 0.4) is 0 Å². The lowest BCUT2D eigenvalue weighted by Gasteiger charge is -2.47. The minimum atomic E-state index is -2.66. The number of amides is 6. The summed E-state index contributed by atoms with van der Waals surface area (Å²) in [5.74, 6) is -9.36. The predicted octanol–water partition coefficient (Wildman–Crippen LogP) is -1.04. The molecular formula is C38H64N8O12. The van der Waals surface area contributed by atoms with Gasteiger partial charge in [0.1, 0.15) is 36.3 Å². The van der Waals surface area contributed by atoms with E-state index in [1.54, 1.807) is 20.8 Å². The van der Waals surface area contributed by atoms with Crippen molar-refractivity contribution < 1.29 is 58.5 Å². The van der Waals surface area contributed by atoms with Crippen LogP contribution in [0, 0.1) is 17.8 Å². The minimum absolute atomic E-state index is 0.000348. The summed E-state index contributed by atoms with van der Waals surface area (Å²) in [7, 11) is 0. The molecule has 4 aliphatic rings. The molecule has 20 heteroatoms. The summed E-state index contributed by atoms with van der Waals surface area (Å²) in [6.45, 7) is 12.6. The summed E-state index contributed by atoms with van der Waals surface area (Å²) in [4.78, 5) is 96.5. The SMILES string of the molecule is CC[C@H](C)C[C@H]1CC[C@](O)([C@](C)(O)C(=O)N[C@@H]2C(=O)N3NCCC[C@@H]3C(=O)N(O)[C@@H](C)C(=O)NCC(=O)N3NCCC[C@H]3C(=O)N[C@H](C)C(=O)O[C@H]2C(C)C)O[C@@H]1C. The van der Waals surface area contributed by atoms with Crippen molar-refractivity contribution in [1.82, 2.24) is 41.9 Å². The molecule has 0 bridgehead atoms. The number of hydroxylamine groups is 2. The number of nitrogens with zero attached hydrogens (tertiary/aromatic N) is 3. The highest BCUT2D eigenvalue weighted by Gasteiger charge is 2.57. The fourth-order valence-electron chi connectivity index (χ4n) is 7.81. The highest BCUT2D eigenvalue weighted by atomic mass is 16.6. The Balaban J connectivity index is 1.73. The molecule has 0 spiro atoms. The lowest BCUT2D eigenvalue weighted by atomic mass is 9.79. The summed E-state index contributed by atoms with van der Waals surface area (Å²) >= 11 is 0. The minimum Gasteiger partial charge on any atom is -0.458 e. The number of carbonyl (C=O) groups excluding carboxylic acids is 7. The van der Waals surface area contributed by atoms with E-state index in [1.807, 2.05) is 0 Å². The smallest absolute Gasteiger partial charge is 0.328 e. The van der Waals surface area contributed by atoms with Crippen LogP contribution in [0.15, 0.2) is 0 Å². The van der Waals surface area contributed by atoms with Crippen LogP contribution in [0.5, 0.6) is 0 Å². The zero-order valence-electron chi connectivity index (χ0n) is 34.9. The molecule has 4 saturated heterocycles. The van der Waals surface area contributed by atoms with Crippen LogP contribution in [-0.4, -0.2) is 145 Å². The number of rotatable bonds is 7. The number of aliphatic hydroxyl groups is 2. The predicted molar refractivity (Wildman–Crippen MR) is 204 cm³/mol. The summed E-state index contributed by atoms with van der Waals surface area (Å²) in [6, 6.07) is -7.26. The molecule has 4 fully saturated rings. The zero-order chi connectivity index (χ0) is 43.3. The molecule has 8 N–H and O–H groups in total. The molecule has 58 heavy (non-hydrogen) atoms. The molecule has 0 aromatic heterocycles. The van der Waals surface area contributed by atoms with E-state index >= 15 is 0 Å². The number of hydrogen-bond donors (Lipinski definition) is 8. The third-order valence-electron chi connectivity index (χ3n) is 12.0. The molecule has 20 nitrogen and oxygen atoms in total. The molecule has 0 radical (unpaired) electrons. The van der Waals surface area contributed by atoms with Gasteiger partial charge < -0.3 is 35.6 Å². The van der Waals surface area contributed by atoms with Gasteiger partial charge in [0.25, 0.3) is 23.6 Å². The van der Waals surface area contributed by atoms with Crippen molar-refractivity contribution in [1.29, 1.82) is 0 Å². The molecule has 0 aromatic rings. The number of hydrogen-bond acceptors (Lipinski definition) is 14. The van der Waals surface area contributed by atoms with Crippen LogP contribution in [0.4, 0.5) is 0 Å². The maximum Gasteiger partial charge on any atom is 0.328 e. The third-order valence-corrected chi connectivity index (χ3v) is 12.0. The van der Waals surface area contributed by atoms with Crippen molar-refractivity contribution in [3.05, 3.63) is 0 Å². The quantitative estimate of drug-likeness (QED) is 0.113. The number of carbonyl (C=O) groups is 7. The summed E-state index contributed by atoms with van der Waals surface area (Å²) in [5.41, 5.74) is 3.00. The van der Waals surface area contributed by atoms with Crippen molar-refractivity contribution in [3.8, 4) is 0 Å². The van der Waals surface area contributed by atoms with Crippen molar-refractivity contribution in [2.24, 2.45) is 17.8 Å². The van der Waals surface area contributed by atoms with Gasteiger partial charge in [0.2, 0.25) is 17.6 Å². The largest absolute Gasteiger partial charge is 0.458 e. The van der Waals surface area contributed by atoms with E-state index in [4.69, 9.17) is 9.47 Å². The number of hydrazine groups is 2. The Bertz CT molecular complexity index is 1550. The lowest BCUT2D eigenvalue weighted by molar-refractivity contribution is -0.326. The summed E-state index contributed by atoms with van der Waals surface area (Å²) in [5, 5.41) is 44.1. The maximum absolute atomic E-state index is 14.7. The van der Waals surface area contributed by atoms with E-state index in [-0.39, 0.29) is 36.8 Å². The van der Waals surface area contributed by atoms with Gasteiger partial charge in [-0.3, -0.25) is 44.0 Å². The fourth-order valence-corrected chi connectivity index (χ4v) is 7.81. The van der Waals surface area contributed by atoms with Crippen LogP contribution in [-0.2, 0) is 43.0 Å². The first-order valence-electron chi connectivity index (χ1n) is 20.5. The first kappa shape index (κ1) is 46.7. The number of nitrogens with one attached hydrogen (secondary N) is 5. The number of cyclic esters (lactones) is 1. The van der Waals surface area contributed by atoms with E-state index in [9.17, 15) is 49.0 Å². The monoisotopic (exact) mass is 824 g/mol. The average Bonchev–Trinajstić information content (AvgIpc) is 3.20. The molecule has 4 rings (SSSR count). The Kier molecular flexibility index (Phi) is 15.6. The molecule has 0 saturated carbocycles. The Labute approximate surface area is 339 Å². The molecule has 4 aliphatic heterocycles. The first-order chi connectivity index (χ1) is 27.1. The van der Waals surface area contributed by atoms with Crippen molar-refractivity contribution in [2.75, 3.05) is 19.6 Å². The van der Waals surface area contributed by atoms with Crippen molar-refractivity contribution >= 4 is 41.4 Å².